The molecule has 0 atom stereocenters. The summed E-state index contributed by atoms with van der Waals surface area (Å²) >= 11 is 1.57. The van der Waals surface area contributed by atoms with Crippen LogP contribution < -0.4 is 5.32 Å². The molecule has 0 aliphatic heterocycles. The summed E-state index contributed by atoms with van der Waals surface area (Å²) in [6.45, 7) is 4.75. The first-order chi connectivity index (χ1) is 8.52. The quantitative estimate of drug-likeness (QED) is 0.917. The van der Waals surface area contributed by atoms with Gasteiger partial charge in [-0.15, -0.1) is 11.3 Å². The molecule has 0 saturated heterocycles. The van der Waals surface area contributed by atoms with Crippen molar-refractivity contribution in [1.82, 2.24) is 19.9 Å². The number of thiazole rings is 1. The molecular weight excluding hydrogens is 246 g/mol. The standard InChI is InChI=1S/C12H17N5S/c1-8-5-9(2)14-11(13-8)16-12-15-10(7-18-12)6-17(3)4/h5,7H,6H2,1-4H3,(H,13,14,15,16). The van der Waals surface area contributed by atoms with Crippen molar-refractivity contribution in [3.8, 4) is 0 Å². The van der Waals surface area contributed by atoms with Crippen LogP contribution in [0.2, 0.25) is 0 Å². The number of aryl methyl sites for hydroxylation is 2. The molecule has 18 heavy (non-hydrogen) atoms. The molecule has 0 amide bonds. The Kier molecular flexibility index (Phi) is 3.88. The van der Waals surface area contributed by atoms with E-state index in [2.05, 4.69) is 25.2 Å². The van der Waals surface area contributed by atoms with Crippen LogP contribution in [0.5, 0.6) is 0 Å². The maximum atomic E-state index is 4.49. The molecule has 2 aromatic rings. The van der Waals surface area contributed by atoms with Crippen molar-refractivity contribution in [2.75, 3.05) is 19.4 Å². The highest BCUT2D eigenvalue weighted by molar-refractivity contribution is 7.13. The maximum absolute atomic E-state index is 4.49. The summed E-state index contributed by atoms with van der Waals surface area (Å²) in [5, 5.41) is 6.02. The first kappa shape index (κ1) is 12.9. The minimum absolute atomic E-state index is 0.609. The molecule has 0 radical (unpaired) electrons. The number of rotatable bonds is 4. The van der Waals surface area contributed by atoms with E-state index in [0.29, 0.717) is 5.95 Å². The third-order valence-electron chi connectivity index (χ3n) is 2.23. The van der Waals surface area contributed by atoms with Crippen molar-refractivity contribution in [2.24, 2.45) is 0 Å². The number of hydrogen-bond donors (Lipinski definition) is 1. The van der Waals surface area contributed by atoms with Gasteiger partial charge in [0.1, 0.15) is 0 Å². The van der Waals surface area contributed by atoms with Crippen LogP contribution in [0.15, 0.2) is 11.4 Å². The van der Waals surface area contributed by atoms with E-state index < -0.39 is 0 Å². The number of nitrogens with one attached hydrogen (secondary N) is 1. The van der Waals surface area contributed by atoms with Crippen LogP contribution in [0.25, 0.3) is 0 Å². The second-order valence-corrected chi connectivity index (χ2v) is 5.34. The van der Waals surface area contributed by atoms with Crippen LogP contribution >= 0.6 is 11.3 Å². The fourth-order valence-electron chi connectivity index (χ4n) is 1.64. The number of hydrogen-bond acceptors (Lipinski definition) is 6. The number of nitrogens with zero attached hydrogens (tertiary/aromatic N) is 4. The van der Waals surface area contributed by atoms with Gasteiger partial charge in [0.25, 0.3) is 0 Å². The summed E-state index contributed by atoms with van der Waals surface area (Å²) in [4.78, 5) is 15.2. The monoisotopic (exact) mass is 263 g/mol. The molecule has 96 valence electrons. The van der Waals surface area contributed by atoms with Crippen molar-refractivity contribution in [3.05, 3.63) is 28.5 Å². The fourth-order valence-corrected chi connectivity index (χ4v) is 2.33. The van der Waals surface area contributed by atoms with E-state index >= 15 is 0 Å². The zero-order chi connectivity index (χ0) is 13.1. The molecule has 2 aromatic heterocycles. The average Bonchev–Trinajstić information content (AvgIpc) is 2.62. The van der Waals surface area contributed by atoms with E-state index in [9.17, 15) is 0 Å². The normalized spacial score (nSPS) is 10.9. The molecule has 0 spiro atoms. The zero-order valence-corrected chi connectivity index (χ0v) is 11.9. The van der Waals surface area contributed by atoms with Gasteiger partial charge in [0, 0.05) is 23.3 Å². The maximum Gasteiger partial charge on any atom is 0.229 e. The van der Waals surface area contributed by atoms with Crippen LogP contribution in [-0.2, 0) is 6.54 Å². The molecule has 5 nitrogen and oxygen atoms in total. The molecule has 0 saturated carbocycles. The summed E-state index contributed by atoms with van der Waals surface area (Å²) < 4.78 is 0. The van der Waals surface area contributed by atoms with Crippen LogP contribution in [-0.4, -0.2) is 33.9 Å². The Hall–Kier alpha value is -1.53. The third kappa shape index (κ3) is 3.48. The summed E-state index contributed by atoms with van der Waals surface area (Å²) in [5.41, 5.74) is 2.96. The van der Waals surface area contributed by atoms with Crippen molar-refractivity contribution in [3.63, 3.8) is 0 Å². The third-order valence-corrected chi connectivity index (χ3v) is 3.04. The lowest BCUT2D eigenvalue weighted by Gasteiger charge is -2.05. The summed E-state index contributed by atoms with van der Waals surface area (Å²) in [7, 11) is 4.05. The van der Waals surface area contributed by atoms with E-state index in [-0.39, 0.29) is 0 Å². The Morgan fingerprint density at radius 2 is 1.83 bits per heavy atom. The molecule has 0 aliphatic rings. The first-order valence-corrected chi connectivity index (χ1v) is 6.59. The van der Waals surface area contributed by atoms with Gasteiger partial charge in [0.15, 0.2) is 5.13 Å². The highest BCUT2D eigenvalue weighted by Crippen LogP contribution is 2.19. The van der Waals surface area contributed by atoms with Crippen molar-refractivity contribution in [2.45, 2.75) is 20.4 Å². The lowest BCUT2D eigenvalue weighted by atomic mass is 10.4. The van der Waals surface area contributed by atoms with Gasteiger partial charge in [-0.2, -0.15) is 0 Å². The topological polar surface area (TPSA) is 53.9 Å². The molecule has 0 aromatic carbocycles. The van der Waals surface area contributed by atoms with Gasteiger partial charge in [0.05, 0.1) is 5.69 Å². The van der Waals surface area contributed by atoms with E-state index in [1.807, 2.05) is 39.4 Å². The Morgan fingerprint density at radius 3 is 2.44 bits per heavy atom. The van der Waals surface area contributed by atoms with Crippen molar-refractivity contribution >= 4 is 22.4 Å². The van der Waals surface area contributed by atoms with Crippen LogP contribution in [0.4, 0.5) is 11.1 Å². The highest BCUT2D eigenvalue weighted by atomic mass is 32.1. The van der Waals surface area contributed by atoms with Crippen LogP contribution in [0, 0.1) is 13.8 Å². The van der Waals surface area contributed by atoms with Crippen molar-refractivity contribution < 1.29 is 0 Å². The van der Waals surface area contributed by atoms with E-state index in [0.717, 1.165) is 28.8 Å². The van der Waals surface area contributed by atoms with E-state index in [1.165, 1.54) is 0 Å². The van der Waals surface area contributed by atoms with Gasteiger partial charge >= 0.3 is 0 Å². The summed E-state index contributed by atoms with van der Waals surface area (Å²) in [6, 6.07) is 1.95. The predicted molar refractivity (Wildman–Crippen MR) is 74.3 cm³/mol. The van der Waals surface area contributed by atoms with Crippen molar-refractivity contribution in [1.29, 1.82) is 0 Å². The first-order valence-electron chi connectivity index (χ1n) is 5.71. The molecular formula is C12H17N5S. The highest BCUT2D eigenvalue weighted by Gasteiger charge is 2.05. The SMILES string of the molecule is Cc1cc(C)nc(Nc2nc(CN(C)C)cs2)n1. The molecule has 0 unspecified atom stereocenters. The van der Waals surface area contributed by atoms with E-state index in [1.54, 1.807) is 11.3 Å². The summed E-state index contributed by atoms with van der Waals surface area (Å²) in [5.74, 6) is 0.609. The van der Waals surface area contributed by atoms with Gasteiger partial charge in [-0.25, -0.2) is 15.0 Å². The minimum Gasteiger partial charge on any atom is -0.304 e. The molecule has 0 bridgehead atoms. The Morgan fingerprint density at radius 1 is 1.17 bits per heavy atom. The molecule has 2 rings (SSSR count). The Balaban J connectivity index is 2.11. The van der Waals surface area contributed by atoms with Crippen LogP contribution in [0.1, 0.15) is 17.1 Å². The summed E-state index contributed by atoms with van der Waals surface area (Å²) in [6.07, 6.45) is 0. The molecule has 0 aliphatic carbocycles. The zero-order valence-electron chi connectivity index (χ0n) is 11.1. The second-order valence-electron chi connectivity index (χ2n) is 4.48. The van der Waals surface area contributed by atoms with Gasteiger partial charge in [0.2, 0.25) is 5.95 Å². The van der Waals surface area contributed by atoms with E-state index in [4.69, 9.17) is 0 Å². The molecule has 0 fully saturated rings. The molecule has 6 heteroatoms. The fraction of sp³-hybridized carbons (Fsp3) is 0.417. The van der Waals surface area contributed by atoms with Crippen LogP contribution in [0.3, 0.4) is 0 Å². The average molecular weight is 263 g/mol. The Labute approximate surface area is 111 Å². The second kappa shape index (κ2) is 5.41. The molecule has 1 N–H and O–H groups in total. The smallest absolute Gasteiger partial charge is 0.229 e. The number of anilines is 2. The lowest BCUT2D eigenvalue weighted by Crippen LogP contribution is -2.10. The Bertz CT molecular complexity index is 515. The van der Waals surface area contributed by atoms with Gasteiger partial charge in [-0.1, -0.05) is 0 Å². The predicted octanol–water partition coefficient (Wildman–Crippen LogP) is 2.36. The molecule has 2 heterocycles. The van der Waals surface area contributed by atoms with Gasteiger partial charge in [-0.05, 0) is 34.0 Å². The van der Waals surface area contributed by atoms with Gasteiger partial charge < -0.3 is 10.2 Å². The number of aromatic nitrogens is 3. The lowest BCUT2D eigenvalue weighted by molar-refractivity contribution is 0.398. The van der Waals surface area contributed by atoms with Gasteiger partial charge in [-0.3, -0.25) is 0 Å². The largest absolute Gasteiger partial charge is 0.304 e. The minimum atomic E-state index is 0.609.